The van der Waals surface area contributed by atoms with Gasteiger partial charge in [-0.15, -0.1) is 0 Å². The molecule has 0 fully saturated rings. The molecular weight excluding hydrogens is 437 g/mol. The van der Waals surface area contributed by atoms with Gasteiger partial charge in [0.25, 0.3) is 0 Å². The van der Waals surface area contributed by atoms with Gasteiger partial charge in [0.15, 0.2) is 16.6 Å². The summed E-state index contributed by atoms with van der Waals surface area (Å²) in [7, 11) is -7.98. The topological polar surface area (TPSA) is 18.5 Å². The molecule has 0 N–H and O–H groups in total. The van der Waals surface area contributed by atoms with Gasteiger partial charge in [-0.2, -0.15) is 0 Å². The minimum absolute atomic E-state index is 0. The van der Waals surface area contributed by atoms with E-state index in [2.05, 4.69) is 85.9 Å². The highest BCUT2D eigenvalue weighted by Crippen LogP contribution is 2.37. The van der Waals surface area contributed by atoms with E-state index in [9.17, 15) is 0 Å². The van der Waals surface area contributed by atoms with Gasteiger partial charge in [-0.1, -0.05) is 97.7 Å². The summed E-state index contributed by atoms with van der Waals surface area (Å²) >= 11 is 0. The summed E-state index contributed by atoms with van der Waals surface area (Å²) in [4.78, 5) is 0. The predicted octanol–water partition coefficient (Wildman–Crippen LogP) is 10.5. The Bertz CT molecular complexity index is 337. The van der Waals surface area contributed by atoms with Crippen LogP contribution in [0.4, 0.5) is 0 Å². The first-order valence-corrected chi connectivity index (χ1v) is 25.2. The lowest BCUT2D eigenvalue weighted by molar-refractivity contribution is 0.379. The maximum atomic E-state index is 7.17. The third-order valence-electron chi connectivity index (χ3n) is 3.93. The third kappa shape index (κ3) is 22.0. The Kier molecular flexibility index (Phi) is 25.9. The minimum atomic E-state index is -2.15. The number of hydrogen-bond donors (Lipinski definition) is 0. The second-order valence-corrected chi connectivity index (χ2v) is 36.6. The van der Waals surface area contributed by atoms with Crippen molar-refractivity contribution in [2.45, 2.75) is 147 Å². The molecule has 2 nitrogen and oxygen atoms in total. The third-order valence-corrected chi connectivity index (χ3v) is 27.0. The van der Waals surface area contributed by atoms with Gasteiger partial charge >= 0.3 is 8.56 Å². The molecule has 0 saturated heterocycles. The second kappa shape index (κ2) is 15.7. The van der Waals surface area contributed by atoms with Crippen LogP contribution in [-0.4, -0.2) is 41.3 Å². The summed E-state index contributed by atoms with van der Waals surface area (Å²) in [6.45, 7) is 31.4. The largest absolute Gasteiger partial charge is 0.437 e. The molecule has 0 atom stereocenters. The smallest absolute Gasteiger partial charge is 0.312 e. The highest BCUT2D eigenvalue weighted by atomic mass is 28.5. The van der Waals surface area contributed by atoms with Crippen molar-refractivity contribution in [3.05, 3.63) is 0 Å². The number of hydrogen-bond acceptors (Lipinski definition) is 2. The van der Waals surface area contributed by atoms with Crippen LogP contribution < -0.4 is 0 Å². The zero-order valence-electron chi connectivity index (χ0n) is 18.3. The van der Waals surface area contributed by atoms with Crippen LogP contribution in [0.2, 0.25) is 88.9 Å². The van der Waals surface area contributed by atoms with E-state index < -0.39 is 41.3 Å². The molecule has 0 unspecified atom stereocenters. The van der Waals surface area contributed by atoms with Gasteiger partial charge in [0, 0.05) is 16.1 Å². The lowest BCUT2D eigenvalue weighted by Crippen LogP contribution is -2.61. The molecule has 0 amide bonds. The van der Waals surface area contributed by atoms with Crippen molar-refractivity contribution < 1.29 is 8.23 Å². The molecule has 0 heterocycles. The first kappa shape index (κ1) is 47.7. The standard InChI is InChI=1S/C16H44O2Si5.6CH4/c1-16(2)22(12,13)18-23(14-19(3,4)5,15-20(6,7)8)17-21(9,10)11;;;;;;/h16H,14-15H2,1-13H3;6*1H4. The van der Waals surface area contributed by atoms with Crippen LogP contribution in [0.15, 0.2) is 0 Å². The molecule has 0 rings (SSSR count). The maximum absolute atomic E-state index is 7.17. The van der Waals surface area contributed by atoms with Crippen molar-refractivity contribution in [3.63, 3.8) is 0 Å². The van der Waals surface area contributed by atoms with Crippen LogP contribution in [-0.2, 0) is 8.23 Å². The summed E-state index contributed by atoms with van der Waals surface area (Å²) < 4.78 is 14.2. The molecule has 0 aromatic carbocycles. The second-order valence-electron chi connectivity index (χ2n) is 11.5. The summed E-state index contributed by atoms with van der Waals surface area (Å²) in [6.07, 6.45) is 0. The molecule has 0 aromatic rings. The fourth-order valence-electron chi connectivity index (χ4n) is 3.00. The minimum Gasteiger partial charge on any atom is -0.437 e. The van der Waals surface area contributed by atoms with Crippen LogP contribution in [0, 0.1) is 0 Å². The van der Waals surface area contributed by atoms with Crippen LogP contribution in [0.5, 0.6) is 0 Å². The molecule has 0 spiro atoms. The van der Waals surface area contributed by atoms with Crippen LogP contribution in [0.3, 0.4) is 0 Å². The predicted molar refractivity (Wildman–Crippen MR) is 161 cm³/mol. The van der Waals surface area contributed by atoms with E-state index in [0.29, 0.717) is 5.54 Å². The first-order valence-electron chi connectivity index (χ1n) is 9.17. The average molecular weight is 505 g/mol. The number of rotatable bonds is 9. The van der Waals surface area contributed by atoms with Crippen molar-refractivity contribution in [1.82, 2.24) is 0 Å². The van der Waals surface area contributed by atoms with Gasteiger partial charge in [-0.25, -0.2) is 0 Å². The summed E-state index contributed by atoms with van der Waals surface area (Å²) in [5, 5.41) is 0. The Hall–Kier alpha value is 1.00. The summed E-state index contributed by atoms with van der Waals surface area (Å²) in [5.41, 5.74) is 3.16. The summed E-state index contributed by atoms with van der Waals surface area (Å²) in [5.74, 6) is 0. The van der Waals surface area contributed by atoms with Gasteiger partial charge in [-0.05, 0) is 49.6 Å². The Labute approximate surface area is 196 Å². The van der Waals surface area contributed by atoms with E-state index in [1.54, 1.807) is 0 Å². The fraction of sp³-hybridized carbons (Fsp3) is 1.00. The maximum Gasteiger partial charge on any atom is 0.312 e. The van der Waals surface area contributed by atoms with Crippen LogP contribution >= 0.6 is 0 Å². The lowest BCUT2D eigenvalue weighted by Gasteiger charge is -2.47. The van der Waals surface area contributed by atoms with E-state index in [0.717, 1.165) is 0 Å². The van der Waals surface area contributed by atoms with E-state index >= 15 is 0 Å². The first-order chi connectivity index (χ1) is 9.77. The van der Waals surface area contributed by atoms with Crippen molar-refractivity contribution in [2.24, 2.45) is 0 Å². The molecule has 0 saturated carbocycles. The highest BCUT2D eigenvalue weighted by molar-refractivity contribution is 7.03. The monoisotopic (exact) mass is 504 g/mol. The highest BCUT2D eigenvalue weighted by Gasteiger charge is 2.51. The van der Waals surface area contributed by atoms with Gasteiger partial charge in [0.1, 0.15) is 0 Å². The van der Waals surface area contributed by atoms with Crippen molar-refractivity contribution in [1.29, 1.82) is 0 Å². The Balaban J connectivity index is -0.000000161. The van der Waals surface area contributed by atoms with Gasteiger partial charge < -0.3 is 8.23 Å². The summed E-state index contributed by atoms with van der Waals surface area (Å²) in [6, 6.07) is 0. The van der Waals surface area contributed by atoms with Crippen LogP contribution in [0.25, 0.3) is 0 Å². The van der Waals surface area contributed by atoms with E-state index in [1.165, 1.54) is 11.3 Å². The van der Waals surface area contributed by atoms with Gasteiger partial charge in [0.2, 0.25) is 0 Å². The Morgan fingerprint density at radius 1 is 0.517 bits per heavy atom. The molecule has 188 valence electrons. The van der Waals surface area contributed by atoms with Crippen molar-refractivity contribution >= 4 is 41.3 Å². The van der Waals surface area contributed by atoms with Crippen molar-refractivity contribution in [3.8, 4) is 0 Å². The van der Waals surface area contributed by atoms with Crippen LogP contribution in [0.1, 0.15) is 58.4 Å². The van der Waals surface area contributed by atoms with Gasteiger partial charge in [-0.3, -0.25) is 0 Å². The van der Waals surface area contributed by atoms with Gasteiger partial charge in [0.05, 0.1) is 0 Å². The molecular formula is C22H68O2Si5. The Morgan fingerprint density at radius 3 is 0.966 bits per heavy atom. The zero-order chi connectivity index (χ0) is 18.9. The molecule has 0 radical (unpaired) electrons. The normalized spacial score (nSPS) is 12.2. The molecule has 0 aromatic heterocycles. The lowest BCUT2D eigenvalue weighted by atomic mass is 10.6. The van der Waals surface area contributed by atoms with Crippen molar-refractivity contribution in [2.75, 3.05) is 0 Å². The van der Waals surface area contributed by atoms with E-state index in [-0.39, 0.29) is 44.6 Å². The molecule has 0 bridgehead atoms. The SMILES string of the molecule is C.C.C.C.C.C.CC(C)[Si](C)(C)O[Si](C[Si](C)(C)C)(C[Si](C)(C)C)O[Si](C)(C)C. The Morgan fingerprint density at radius 2 is 0.793 bits per heavy atom. The quantitative estimate of drug-likeness (QED) is 0.290. The zero-order valence-corrected chi connectivity index (χ0v) is 23.3. The molecule has 0 aliphatic rings. The molecule has 29 heavy (non-hydrogen) atoms. The molecule has 0 aliphatic heterocycles. The molecule has 7 heteroatoms. The molecule has 0 aliphatic carbocycles. The van der Waals surface area contributed by atoms with E-state index in [4.69, 9.17) is 8.23 Å². The van der Waals surface area contributed by atoms with E-state index in [1.807, 2.05) is 0 Å². The fourth-order valence-corrected chi connectivity index (χ4v) is 31.1. The average Bonchev–Trinajstić information content (AvgIpc) is 2.04.